The van der Waals surface area contributed by atoms with Crippen molar-refractivity contribution < 1.29 is 8.42 Å². The van der Waals surface area contributed by atoms with Crippen LogP contribution in [-0.2, 0) is 9.84 Å². The quantitative estimate of drug-likeness (QED) is 0.753. The van der Waals surface area contributed by atoms with Gasteiger partial charge < -0.3 is 16.0 Å². The smallest absolute Gasteiger partial charge is 0.187 e. The third-order valence-corrected chi connectivity index (χ3v) is 6.81. The normalized spacial score (nSPS) is 15.8. The Hall–Kier alpha value is -0.860. The van der Waals surface area contributed by atoms with Crippen molar-refractivity contribution in [2.45, 2.75) is 36.8 Å². The summed E-state index contributed by atoms with van der Waals surface area (Å²) in [6, 6.07) is 0. The Morgan fingerprint density at radius 3 is 2.60 bits per heavy atom. The molecule has 3 N–H and O–H groups in total. The third-order valence-electron chi connectivity index (χ3n) is 3.53. The lowest BCUT2D eigenvalue weighted by atomic mass is 10.4. The highest BCUT2D eigenvalue weighted by Gasteiger charge is 2.40. The fraction of sp³-hybridized carbons (Fsp3) is 0.750. The maximum absolute atomic E-state index is 12.3. The molecule has 1 fully saturated rings. The zero-order valence-electron chi connectivity index (χ0n) is 11.9. The summed E-state index contributed by atoms with van der Waals surface area (Å²) in [4.78, 5) is 2.48. The van der Waals surface area contributed by atoms with E-state index in [0.717, 1.165) is 44.0 Å². The predicted molar refractivity (Wildman–Crippen MR) is 83.0 cm³/mol. The molecule has 1 saturated carbocycles. The molecule has 1 heterocycles. The Kier molecular flexibility index (Phi) is 4.87. The lowest BCUT2D eigenvalue weighted by molar-refractivity contribution is 0.316. The van der Waals surface area contributed by atoms with Crippen LogP contribution in [0, 0.1) is 0 Å². The number of hydrogen-bond acceptors (Lipinski definition) is 7. The molecule has 1 aliphatic carbocycles. The molecule has 1 aliphatic rings. The summed E-state index contributed by atoms with van der Waals surface area (Å²) in [7, 11) is -3.30. The van der Waals surface area contributed by atoms with Gasteiger partial charge in [-0.1, -0.05) is 13.8 Å². The molecule has 1 aromatic heterocycles. The molecule has 0 aliphatic heterocycles. The summed E-state index contributed by atoms with van der Waals surface area (Å²) in [5, 5.41) is 3.50. The van der Waals surface area contributed by atoms with Gasteiger partial charge >= 0.3 is 0 Å². The molecule has 0 spiro atoms. The first-order valence-corrected chi connectivity index (χ1v) is 9.27. The number of anilines is 2. The average molecular weight is 318 g/mol. The van der Waals surface area contributed by atoms with Crippen LogP contribution in [0.1, 0.15) is 26.7 Å². The van der Waals surface area contributed by atoms with E-state index in [4.69, 9.17) is 5.73 Å². The number of hydrogen-bond donors (Lipinski definition) is 2. The van der Waals surface area contributed by atoms with Gasteiger partial charge in [0.2, 0.25) is 0 Å². The fourth-order valence-corrected chi connectivity index (χ4v) is 5.00. The summed E-state index contributed by atoms with van der Waals surface area (Å²) in [5.41, 5.74) is 5.75. The van der Waals surface area contributed by atoms with E-state index in [0.29, 0.717) is 11.5 Å². The van der Waals surface area contributed by atoms with Gasteiger partial charge in [0.05, 0.1) is 5.25 Å². The van der Waals surface area contributed by atoms with E-state index in [-0.39, 0.29) is 16.0 Å². The van der Waals surface area contributed by atoms with Crippen LogP contribution in [0.15, 0.2) is 4.90 Å². The highest BCUT2D eigenvalue weighted by Crippen LogP contribution is 2.40. The number of sulfone groups is 1. The highest BCUT2D eigenvalue weighted by molar-refractivity contribution is 7.92. The van der Waals surface area contributed by atoms with Crippen LogP contribution in [0.25, 0.3) is 0 Å². The maximum atomic E-state index is 12.3. The van der Waals surface area contributed by atoms with E-state index in [9.17, 15) is 8.42 Å². The zero-order valence-corrected chi connectivity index (χ0v) is 13.6. The summed E-state index contributed by atoms with van der Waals surface area (Å²) in [6.07, 6.45) is 1.47. The SMILES string of the molecule is CCN(CC)CCNc1snc(N)c1S(=O)(=O)C1CC1. The molecule has 2 rings (SSSR count). The largest absolute Gasteiger partial charge is 0.382 e. The van der Waals surface area contributed by atoms with E-state index in [1.807, 2.05) is 0 Å². The van der Waals surface area contributed by atoms with Gasteiger partial charge in [0.1, 0.15) is 9.90 Å². The molecule has 0 atom stereocenters. The van der Waals surface area contributed by atoms with Crippen molar-refractivity contribution in [2.24, 2.45) is 0 Å². The van der Waals surface area contributed by atoms with Crippen LogP contribution in [0.4, 0.5) is 10.8 Å². The van der Waals surface area contributed by atoms with Crippen molar-refractivity contribution in [2.75, 3.05) is 37.2 Å². The van der Waals surface area contributed by atoms with Crippen molar-refractivity contribution >= 4 is 32.2 Å². The van der Waals surface area contributed by atoms with Gasteiger partial charge in [0, 0.05) is 13.1 Å². The van der Waals surface area contributed by atoms with Gasteiger partial charge in [-0.15, -0.1) is 0 Å². The summed E-state index contributed by atoms with van der Waals surface area (Å²) < 4.78 is 28.7. The van der Waals surface area contributed by atoms with Crippen LogP contribution in [0.3, 0.4) is 0 Å². The first-order valence-electron chi connectivity index (χ1n) is 6.96. The topological polar surface area (TPSA) is 88.3 Å². The minimum absolute atomic E-state index is 0.132. The number of aromatic nitrogens is 1. The number of nitrogens with zero attached hydrogens (tertiary/aromatic N) is 2. The number of nitrogens with one attached hydrogen (secondary N) is 1. The van der Waals surface area contributed by atoms with Crippen molar-refractivity contribution in [3.63, 3.8) is 0 Å². The van der Waals surface area contributed by atoms with Crippen molar-refractivity contribution in [1.29, 1.82) is 0 Å². The van der Waals surface area contributed by atoms with E-state index in [1.54, 1.807) is 0 Å². The highest BCUT2D eigenvalue weighted by atomic mass is 32.2. The molecule has 0 bridgehead atoms. The molecule has 8 heteroatoms. The van der Waals surface area contributed by atoms with Crippen LogP contribution in [-0.4, -0.2) is 49.1 Å². The molecule has 0 radical (unpaired) electrons. The summed E-state index contributed by atoms with van der Waals surface area (Å²) >= 11 is 1.13. The zero-order chi connectivity index (χ0) is 14.8. The van der Waals surface area contributed by atoms with Gasteiger partial charge in [0.15, 0.2) is 15.7 Å². The number of nitrogen functional groups attached to an aromatic ring is 1. The molecule has 0 amide bonds. The van der Waals surface area contributed by atoms with Gasteiger partial charge in [-0.05, 0) is 37.5 Å². The number of rotatable bonds is 8. The Morgan fingerprint density at radius 1 is 1.40 bits per heavy atom. The molecule has 6 nitrogen and oxygen atoms in total. The van der Waals surface area contributed by atoms with E-state index < -0.39 is 9.84 Å². The Balaban J connectivity index is 2.06. The Labute approximate surface area is 124 Å². The molecule has 0 aromatic carbocycles. The summed E-state index contributed by atoms with van der Waals surface area (Å²) in [5.74, 6) is 0.132. The summed E-state index contributed by atoms with van der Waals surface area (Å²) in [6.45, 7) is 7.74. The Bertz CT molecular complexity index is 548. The minimum Gasteiger partial charge on any atom is -0.382 e. The van der Waals surface area contributed by atoms with Crippen LogP contribution in [0.5, 0.6) is 0 Å². The van der Waals surface area contributed by atoms with Gasteiger partial charge in [-0.2, -0.15) is 4.37 Å². The lowest BCUT2D eigenvalue weighted by Gasteiger charge is -2.18. The first kappa shape index (κ1) is 15.5. The average Bonchev–Trinajstić information content (AvgIpc) is 3.20. The standard InChI is InChI=1S/C12H22N4O2S2/c1-3-16(4-2)8-7-14-12-10(11(13)15-19-12)20(17,18)9-5-6-9/h9,14H,3-8H2,1-2H3,(H2,13,15). The number of nitrogens with two attached hydrogens (primary N) is 1. The first-order chi connectivity index (χ1) is 9.50. The second kappa shape index (κ2) is 6.28. The van der Waals surface area contributed by atoms with E-state index >= 15 is 0 Å². The van der Waals surface area contributed by atoms with E-state index in [1.165, 1.54) is 0 Å². The second-order valence-corrected chi connectivity index (χ2v) is 7.86. The van der Waals surface area contributed by atoms with E-state index in [2.05, 4.69) is 28.4 Å². The molecule has 0 saturated heterocycles. The molecule has 0 unspecified atom stereocenters. The van der Waals surface area contributed by atoms with Crippen LogP contribution >= 0.6 is 11.5 Å². The molecule has 1 aromatic rings. The molecule has 20 heavy (non-hydrogen) atoms. The van der Waals surface area contributed by atoms with Crippen LogP contribution < -0.4 is 11.1 Å². The van der Waals surface area contributed by atoms with Crippen molar-refractivity contribution in [3.05, 3.63) is 0 Å². The monoisotopic (exact) mass is 318 g/mol. The van der Waals surface area contributed by atoms with Gasteiger partial charge in [-0.25, -0.2) is 8.42 Å². The third kappa shape index (κ3) is 3.24. The van der Waals surface area contributed by atoms with Crippen molar-refractivity contribution in [1.82, 2.24) is 9.27 Å². The van der Waals surface area contributed by atoms with Gasteiger partial charge in [0.25, 0.3) is 0 Å². The molecule has 114 valence electrons. The van der Waals surface area contributed by atoms with Gasteiger partial charge in [-0.3, -0.25) is 0 Å². The minimum atomic E-state index is -3.30. The molecular weight excluding hydrogens is 296 g/mol. The Morgan fingerprint density at radius 2 is 2.05 bits per heavy atom. The number of likely N-dealkylation sites (N-methyl/N-ethyl adjacent to an activating group) is 1. The molecular formula is C12H22N4O2S2. The second-order valence-electron chi connectivity index (χ2n) is 4.92. The maximum Gasteiger partial charge on any atom is 0.187 e. The predicted octanol–water partition coefficient (Wildman–Crippen LogP) is 1.42. The lowest BCUT2D eigenvalue weighted by Crippen LogP contribution is -2.28. The van der Waals surface area contributed by atoms with Crippen LogP contribution in [0.2, 0.25) is 0 Å². The fourth-order valence-electron chi connectivity index (χ4n) is 2.09. The van der Waals surface area contributed by atoms with Crippen molar-refractivity contribution in [3.8, 4) is 0 Å².